The van der Waals surface area contributed by atoms with Crippen LogP contribution in [0.4, 0.5) is 5.95 Å². The molecule has 126 valence electrons. The van der Waals surface area contributed by atoms with E-state index in [1.165, 1.54) is 0 Å². The Labute approximate surface area is 141 Å². The van der Waals surface area contributed by atoms with Crippen molar-refractivity contribution in [1.29, 1.82) is 0 Å². The number of carbonyl (C=O) groups is 1. The summed E-state index contributed by atoms with van der Waals surface area (Å²) in [5.74, 6) is 1.86. The number of likely N-dealkylation sites (tertiary alicyclic amines) is 1. The molecule has 2 aromatic rings. The van der Waals surface area contributed by atoms with Gasteiger partial charge in [0.25, 0.3) is 5.91 Å². The van der Waals surface area contributed by atoms with Crippen molar-refractivity contribution in [3.63, 3.8) is 0 Å². The van der Waals surface area contributed by atoms with E-state index in [0.717, 1.165) is 42.4 Å². The molecule has 0 N–H and O–H groups in total. The first kappa shape index (κ1) is 15.2. The Morgan fingerprint density at radius 3 is 2.62 bits per heavy atom. The van der Waals surface area contributed by atoms with Gasteiger partial charge in [0.05, 0.1) is 12.3 Å². The van der Waals surface area contributed by atoms with Crippen molar-refractivity contribution in [2.45, 2.75) is 33.2 Å². The number of amides is 1. The molecule has 0 bridgehead atoms. The maximum atomic E-state index is 12.7. The van der Waals surface area contributed by atoms with E-state index in [2.05, 4.69) is 14.9 Å². The molecule has 24 heavy (non-hydrogen) atoms. The molecule has 0 radical (unpaired) electrons. The molecule has 4 heterocycles. The highest BCUT2D eigenvalue weighted by molar-refractivity contribution is 5.93. The lowest BCUT2D eigenvalue weighted by molar-refractivity contribution is 0.0558. The quantitative estimate of drug-likeness (QED) is 0.848. The summed E-state index contributed by atoms with van der Waals surface area (Å²) in [6, 6.07) is 4.12. The lowest BCUT2D eigenvalue weighted by atomic mass is 9.82. The summed E-state index contributed by atoms with van der Waals surface area (Å²) in [5.41, 5.74) is 2.86. The van der Waals surface area contributed by atoms with Gasteiger partial charge in [0.1, 0.15) is 0 Å². The fourth-order valence-corrected chi connectivity index (χ4v) is 3.78. The van der Waals surface area contributed by atoms with Crippen LogP contribution in [0.1, 0.15) is 33.9 Å². The molecular formula is C18H22N4O2. The van der Waals surface area contributed by atoms with Gasteiger partial charge in [-0.1, -0.05) is 0 Å². The number of hydrogen-bond donors (Lipinski definition) is 0. The zero-order valence-electron chi connectivity index (χ0n) is 14.3. The molecule has 2 atom stereocenters. The van der Waals surface area contributed by atoms with E-state index >= 15 is 0 Å². The molecular weight excluding hydrogens is 304 g/mol. The van der Waals surface area contributed by atoms with Crippen molar-refractivity contribution < 1.29 is 9.21 Å². The van der Waals surface area contributed by atoms with E-state index in [-0.39, 0.29) is 5.91 Å². The minimum atomic E-state index is -0.0101. The van der Waals surface area contributed by atoms with E-state index in [9.17, 15) is 4.79 Å². The van der Waals surface area contributed by atoms with Crippen molar-refractivity contribution in [2.75, 3.05) is 24.5 Å². The molecule has 2 aliphatic rings. The maximum Gasteiger partial charge on any atom is 0.289 e. The minimum absolute atomic E-state index is 0.0101. The highest BCUT2D eigenvalue weighted by atomic mass is 16.3. The van der Waals surface area contributed by atoms with Crippen molar-refractivity contribution in [3.8, 4) is 0 Å². The van der Waals surface area contributed by atoms with Crippen LogP contribution >= 0.6 is 0 Å². The van der Waals surface area contributed by atoms with Crippen LogP contribution in [0.2, 0.25) is 0 Å². The topological polar surface area (TPSA) is 62.5 Å². The van der Waals surface area contributed by atoms with Crippen LogP contribution in [0.15, 0.2) is 22.8 Å². The number of nitrogens with zero attached hydrogens (tertiary/aromatic N) is 4. The van der Waals surface area contributed by atoms with E-state index in [1.54, 1.807) is 6.26 Å². The van der Waals surface area contributed by atoms with Crippen LogP contribution in [0.25, 0.3) is 0 Å². The average Bonchev–Trinajstić information content (AvgIpc) is 2.93. The second-order valence-electron chi connectivity index (χ2n) is 6.90. The van der Waals surface area contributed by atoms with Gasteiger partial charge in [-0.3, -0.25) is 4.79 Å². The SMILES string of the molecule is Cc1cc(C)nc(N2C[C@@H]3CCN(C(=O)c4occc4C)C[C@@H]32)n1. The summed E-state index contributed by atoms with van der Waals surface area (Å²) in [6.45, 7) is 8.37. The van der Waals surface area contributed by atoms with Gasteiger partial charge in [0.2, 0.25) is 5.95 Å². The molecule has 1 amide bonds. The van der Waals surface area contributed by atoms with Gasteiger partial charge in [-0.05, 0) is 39.3 Å². The molecule has 2 fully saturated rings. The number of aryl methyl sites for hydroxylation is 3. The zero-order valence-corrected chi connectivity index (χ0v) is 14.3. The molecule has 6 nitrogen and oxygen atoms in total. The Balaban J connectivity index is 1.52. The maximum absolute atomic E-state index is 12.7. The number of anilines is 1. The van der Waals surface area contributed by atoms with Gasteiger partial charge >= 0.3 is 0 Å². The Hall–Kier alpha value is -2.37. The monoisotopic (exact) mass is 326 g/mol. The predicted octanol–water partition coefficient (Wildman–Crippen LogP) is 2.35. The molecule has 4 rings (SSSR count). The molecule has 0 aromatic carbocycles. The fourth-order valence-electron chi connectivity index (χ4n) is 3.78. The summed E-state index contributed by atoms with van der Waals surface area (Å²) >= 11 is 0. The Morgan fingerprint density at radius 2 is 1.96 bits per heavy atom. The molecule has 2 aliphatic heterocycles. The van der Waals surface area contributed by atoms with Crippen LogP contribution in [0.3, 0.4) is 0 Å². The number of furan rings is 1. The molecule has 6 heteroatoms. The minimum Gasteiger partial charge on any atom is -0.459 e. The van der Waals surface area contributed by atoms with Crippen molar-refractivity contribution >= 4 is 11.9 Å². The van der Waals surface area contributed by atoms with Crippen LogP contribution in [-0.2, 0) is 0 Å². The van der Waals surface area contributed by atoms with Gasteiger partial charge < -0.3 is 14.2 Å². The third-order valence-electron chi connectivity index (χ3n) is 5.12. The molecule has 0 saturated carbocycles. The van der Waals surface area contributed by atoms with Crippen molar-refractivity contribution in [3.05, 3.63) is 41.1 Å². The average molecular weight is 326 g/mol. The lowest BCUT2D eigenvalue weighted by Crippen LogP contribution is -2.65. The van der Waals surface area contributed by atoms with Crippen LogP contribution in [0, 0.1) is 26.7 Å². The summed E-state index contributed by atoms with van der Waals surface area (Å²) in [5, 5.41) is 0. The van der Waals surface area contributed by atoms with Crippen LogP contribution < -0.4 is 4.90 Å². The number of piperidine rings is 1. The van der Waals surface area contributed by atoms with E-state index in [0.29, 0.717) is 24.3 Å². The highest BCUT2D eigenvalue weighted by Crippen LogP contribution is 2.35. The van der Waals surface area contributed by atoms with Crippen molar-refractivity contribution in [1.82, 2.24) is 14.9 Å². The van der Waals surface area contributed by atoms with Crippen LogP contribution in [-0.4, -0.2) is 46.5 Å². The number of aromatic nitrogens is 2. The normalized spacial score (nSPS) is 23.0. The van der Waals surface area contributed by atoms with Gasteiger partial charge in [-0.2, -0.15) is 0 Å². The number of hydrogen-bond acceptors (Lipinski definition) is 5. The predicted molar refractivity (Wildman–Crippen MR) is 90.1 cm³/mol. The van der Waals surface area contributed by atoms with Gasteiger partial charge in [0, 0.05) is 42.5 Å². The largest absolute Gasteiger partial charge is 0.459 e. The van der Waals surface area contributed by atoms with Crippen LogP contribution in [0.5, 0.6) is 0 Å². The second kappa shape index (κ2) is 5.61. The fraction of sp³-hybridized carbons (Fsp3) is 0.500. The van der Waals surface area contributed by atoms with Gasteiger partial charge in [-0.15, -0.1) is 0 Å². The first-order valence-electron chi connectivity index (χ1n) is 8.45. The number of fused-ring (bicyclic) bond motifs is 1. The third-order valence-corrected chi connectivity index (χ3v) is 5.12. The molecule has 2 saturated heterocycles. The third kappa shape index (κ3) is 2.46. The molecule has 0 aliphatic carbocycles. The summed E-state index contributed by atoms with van der Waals surface area (Å²) < 4.78 is 5.37. The summed E-state index contributed by atoms with van der Waals surface area (Å²) in [6.07, 6.45) is 2.60. The number of rotatable bonds is 2. The van der Waals surface area contributed by atoms with Gasteiger partial charge in [-0.25, -0.2) is 9.97 Å². The first-order valence-corrected chi connectivity index (χ1v) is 8.45. The molecule has 2 aromatic heterocycles. The second-order valence-corrected chi connectivity index (χ2v) is 6.90. The smallest absolute Gasteiger partial charge is 0.289 e. The first-order chi connectivity index (χ1) is 11.5. The number of carbonyl (C=O) groups excluding carboxylic acids is 1. The van der Waals surface area contributed by atoms with Crippen molar-refractivity contribution in [2.24, 2.45) is 5.92 Å². The summed E-state index contributed by atoms with van der Waals surface area (Å²) in [7, 11) is 0. The van der Waals surface area contributed by atoms with E-state index in [4.69, 9.17) is 4.42 Å². The molecule has 0 spiro atoms. The van der Waals surface area contributed by atoms with E-state index in [1.807, 2.05) is 37.8 Å². The van der Waals surface area contributed by atoms with E-state index < -0.39 is 0 Å². The standard InChI is InChI=1S/C18H22N4O2/c1-11-5-7-24-16(11)17(23)21-6-4-14-9-22(15(14)10-21)18-19-12(2)8-13(3)20-18/h5,7-8,14-15H,4,6,9-10H2,1-3H3/t14-,15-/m0/s1. The highest BCUT2D eigenvalue weighted by Gasteiger charge is 2.45. The van der Waals surface area contributed by atoms with Gasteiger partial charge in [0.15, 0.2) is 5.76 Å². The Morgan fingerprint density at radius 1 is 1.21 bits per heavy atom. The zero-order chi connectivity index (χ0) is 16.8. The molecule has 0 unspecified atom stereocenters. The lowest BCUT2D eigenvalue weighted by Gasteiger charge is -2.53. The Kier molecular flexibility index (Phi) is 3.55. The Bertz CT molecular complexity index is 765. The summed E-state index contributed by atoms with van der Waals surface area (Å²) in [4.78, 5) is 26.0.